The molecule has 1 aromatic heterocycles. The van der Waals surface area contributed by atoms with Crippen molar-refractivity contribution >= 4 is 16.5 Å². The van der Waals surface area contributed by atoms with Crippen molar-refractivity contribution in [3.8, 4) is 0 Å². The fraction of sp³-hybridized carbons (Fsp3) is 0.778. The maximum absolute atomic E-state index is 5.54. The van der Waals surface area contributed by atoms with E-state index in [4.69, 9.17) is 9.47 Å². The highest BCUT2D eigenvalue weighted by Crippen LogP contribution is 2.30. The van der Waals surface area contributed by atoms with Gasteiger partial charge in [-0.3, -0.25) is 0 Å². The summed E-state index contributed by atoms with van der Waals surface area (Å²) in [4.78, 5) is 0. The Bertz CT molecular complexity index is 294. The van der Waals surface area contributed by atoms with Crippen molar-refractivity contribution in [3.05, 3.63) is 6.20 Å². The monoisotopic (exact) mass is 229 g/mol. The fourth-order valence-corrected chi connectivity index (χ4v) is 2.31. The van der Waals surface area contributed by atoms with Gasteiger partial charge in [-0.1, -0.05) is 4.49 Å². The molecule has 3 unspecified atom stereocenters. The topological polar surface area (TPSA) is 56.3 Å². The van der Waals surface area contributed by atoms with Gasteiger partial charge in [0.25, 0.3) is 0 Å². The molecule has 1 saturated carbocycles. The average molecular weight is 229 g/mol. The molecule has 1 fully saturated rings. The highest BCUT2D eigenvalue weighted by atomic mass is 32.1. The predicted octanol–water partition coefficient (Wildman–Crippen LogP) is 1.14. The average Bonchev–Trinajstić information content (AvgIpc) is 2.69. The fourth-order valence-electron chi connectivity index (χ4n) is 1.83. The molecular formula is C9H15N3O2S. The third-order valence-electron chi connectivity index (χ3n) is 2.59. The molecule has 84 valence electrons. The van der Waals surface area contributed by atoms with E-state index in [1.165, 1.54) is 11.5 Å². The van der Waals surface area contributed by atoms with Crippen molar-refractivity contribution in [2.24, 2.45) is 0 Å². The van der Waals surface area contributed by atoms with Crippen LogP contribution >= 0.6 is 11.5 Å². The summed E-state index contributed by atoms with van der Waals surface area (Å²) >= 11 is 1.36. The van der Waals surface area contributed by atoms with Crippen LogP contribution in [-0.4, -0.2) is 41.6 Å². The van der Waals surface area contributed by atoms with E-state index in [1.54, 1.807) is 13.3 Å². The van der Waals surface area contributed by atoms with Gasteiger partial charge in [-0.25, -0.2) is 0 Å². The lowest BCUT2D eigenvalue weighted by Gasteiger charge is -2.43. The summed E-state index contributed by atoms with van der Waals surface area (Å²) in [6.45, 7) is 2.74. The molecule has 1 heterocycles. The Morgan fingerprint density at radius 3 is 3.13 bits per heavy atom. The molecule has 3 atom stereocenters. The van der Waals surface area contributed by atoms with Gasteiger partial charge in [-0.05, 0) is 13.3 Å². The smallest absolute Gasteiger partial charge is 0.130 e. The quantitative estimate of drug-likeness (QED) is 0.820. The van der Waals surface area contributed by atoms with Crippen molar-refractivity contribution < 1.29 is 9.47 Å². The van der Waals surface area contributed by atoms with Crippen LogP contribution in [0.5, 0.6) is 0 Å². The minimum Gasteiger partial charge on any atom is -0.377 e. The molecule has 5 nitrogen and oxygen atoms in total. The van der Waals surface area contributed by atoms with Crippen LogP contribution in [-0.2, 0) is 9.47 Å². The van der Waals surface area contributed by atoms with Crippen LogP contribution in [0.1, 0.15) is 13.3 Å². The molecule has 1 aliphatic rings. The molecule has 0 amide bonds. The number of hydrogen-bond donors (Lipinski definition) is 1. The molecule has 1 aliphatic carbocycles. The molecule has 1 aromatic rings. The zero-order valence-corrected chi connectivity index (χ0v) is 9.66. The van der Waals surface area contributed by atoms with Crippen LogP contribution in [0.4, 0.5) is 5.00 Å². The summed E-state index contributed by atoms with van der Waals surface area (Å²) in [6, 6.07) is 0.314. The minimum absolute atomic E-state index is 0.132. The van der Waals surface area contributed by atoms with E-state index >= 15 is 0 Å². The lowest BCUT2D eigenvalue weighted by molar-refractivity contribution is -0.117. The van der Waals surface area contributed by atoms with Crippen molar-refractivity contribution in [2.75, 3.05) is 19.0 Å². The molecule has 0 aromatic carbocycles. The van der Waals surface area contributed by atoms with Crippen molar-refractivity contribution in [1.29, 1.82) is 0 Å². The summed E-state index contributed by atoms with van der Waals surface area (Å²) in [6.07, 6.45) is 3.06. The first-order valence-corrected chi connectivity index (χ1v) is 5.80. The summed E-state index contributed by atoms with van der Waals surface area (Å²) < 4.78 is 14.7. The number of ether oxygens (including phenoxy) is 2. The first-order valence-electron chi connectivity index (χ1n) is 5.03. The number of nitrogens with zero attached hydrogens (tertiary/aromatic N) is 2. The Morgan fingerprint density at radius 2 is 2.53 bits per heavy atom. The molecule has 2 rings (SSSR count). The van der Waals surface area contributed by atoms with Gasteiger partial charge in [0.15, 0.2) is 0 Å². The molecular weight excluding hydrogens is 214 g/mol. The van der Waals surface area contributed by atoms with Crippen LogP contribution in [0, 0.1) is 0 Å². The van der Waals surface area contributed by atoms with Crippen LogP contribution < -0.4 is 5.32 Å². The summed E-state index contributed by atoms with van der Waals surface area (Å²) in [5, 5.41) is 8.09. The second kappa shape index (κ2) is 4.87. The number of nitrogens with one attached hydrogen (secondary N) is 1. The SMILES string of the molecule is CCOC1CC(Nc2cnns2)C1OC. The summed E-state index contributed by atoms with van der Waals surface area (Å²) in [5.41, 5.74) is 0. The first kappa shape index (κ1) is 10.8. The lowest BCUT2D eigenvalue weighted by atomic mass is 9.85. The van der Waals surface area contributed by atoms with Crippen LogP contribution in [0.25, 0.3) is 0 Å². The predicted molar refractivity (Wildman–Crippen MR) is 58.1 cm³/mol. The van der Waals surface area contributed by atoms with E-state index in [9.17, 15) is 0 Å². The Morgan fingerprint density at radius 1 is 1.67 bits per heavy atom. The number of rotatable bonds is 5. The van der Waals surface area contributed by atoms with Gasteiger partial charge in [0.2, 0.25) is 0 Å². The molecule has 0 radical (unpaired) electrons. The number of aromatic nitrogens is 2. The van der Waals surface area contributed by atoms with Crippen molar-refractivity contribution in [2.45, 2.75) is 31.6 Å². The highest BCUT2D eigenvalue weighted by Gasteiger charge is 2.42. The first-order chi connectivity index (χ1) is 7.35. The van der Waals surface area contributed by atoms with Crippen LogP contribution in [0.2, 0.25) is 0 Å². The van der Waals surface area contributed by atoms with E-state index in [0.717, 1.165) is 18.0 Å². The van der Waals surface area contributed by atoms with E-state index in [2.05, 4.69) is 14.9 Å². The van der Waals surface area contributed by atoms with Crippen LogP contribution in [0.15, 0.2) is 6.20 Å². The Labute approximate surface area is 92.9 Å². The standard InChI is InChI=1S/C9H15N3O2S/c1-3-14-7-4-6(9(7)13-2)11-8-5-10-12-15-8/h5-7,9,11H,3-4H2,1-2H3. The second-order valence-corrected chi connectivity index (χ2v) is 4.25. The minimum atomic E-state index is 0.132. The molecule has 0 spiro atoms. The largest absolute Gasteiger partial charge is 0.377 e. The van der Waals surface area contributed by atoms with Gasteiger partial charge in [-0.15, -0.1) is 5.10 Å². The highest BCUT2D eigenvalue weighted by molar-refractivity contribution is 7.09. The van der Waals surface area contributed by atoms with Gasteiger partial charge < -0.3 is 14.8 Å². The Kier molecular flexibility index (Phi) is 3.50. The molecule has 0 bridgehead atoms. The van der Waals surface area contributed by atoms with E-state index < -0.39 is 0 Å². The summed E-state index contributed by atoms with van der Waals surface area (Å²) in [5.74, 6) is 0. The van der Waals surface area contributed by atoms with E-state index in [0.29, 0.717) is 6.04 Å². The lowest BCUT2D eigenvalue weighted by Crippen LogP contribution is -2.56. The van der Waals surface area contributed by atoms with Gasteiger partial charge in [0.05, 0.1) is 18.3 Å². The normalized spacial score (nSPS) is 29.9. The van der Waals surface area contributed by atoms with E-state index in [1.807, 2.05) is 6.92 Å². The molecule has 0 saturated heterocycles. The van der Waals surface area contributed by atoms with Crippen molar-refractivity contribution in [1.82, 2.24) is 9.59 Å². The van der Waals surface area contributed by atoms with E-state index in [-0.39, 0.29) is 12.2 Å². The third-order valence-corrected chi connectivity index (χ3v) is 3.19. The Balaban J connectivity index is 1.85. The van der Waals surface area contributed by atoms with Gasteiger partial charge in [-0.2, -0.15) is 0 Å². The zero-order chi connectivity index (χ0) is 10.7. The van der Waals surface area contributed by atoms with Gasteiger partial charge >= 0.3 is 0 Å². The molecule has 1 N–H and O–H groups in total. The summed E-state index contributed by atoms with van der Waals surface area (Å²) in [7, 11) is 1.72. The number of anilines is 1. The van der Waals surface area contributed by atoms with Gasteiger partial charge in [0.1, 0.15) is 11.1 Å². The maximum atomic E-state index is 5.54. The Hall–Kier alpha value is -0.720. The number of hydrogen-bond acceptors (Lipinski definition) is 6. The third kappa shape index (κ3) is 2.27. The second-order valence-electron chi connectivity index (χ2n) is 3.46. The molecule has 0 aliphatic heterocycles. The van der Waals surface area contributed by atoms with Gasteiger partial charge in [0, 0.05) is 25.2 Å². The maximum Gasteiger partial charge on any atom is 0.130 e. The molecule has 15 heavy (non-hydrogen) atoms. The zero-order valence-electron chi connectivity index (χ0n) is 8.84. The van der Waals surface area contributed by atoms with Crippen molar-refractivity contribution in [3.63, 3.8) is 0 Å². The molecule has 6 heteroatoms. The number of methoxy groups -OCH3 is 1. The van der Waals surface area contributed by atoms with Crippen LogP contribution in [0.3, 0.4) is 0 Å².